The van der Waals surface area contributed by atoms with Gasteiger partial charge in [-0.2, -0.15) is 8.78 Å². The normalized spacial score (nSPS) is 14.3. The fourth-order valence-electron chi connectivity index (χ4n) is 2.33. The summed E-state index contributed by atoms with van der Waals surface area (Å²) in [7, 11) is 1.50. The molecule has 2 aromatic heterocycles. The molecule has 152 valence electrons. The third kappa shape index (κ3) is 9.64. The maximum Gasteiger partial charge on any atom is 0.388 e. The number of alkyl halides is 3. The summed E-state index contributed by atoms with van der Waals surface area (Å²) in [6.07, 6.45) is 8.35. The summed E-state index contributed by atoms with van der Waals surface area (Å²) in [5.41, 5.74) is 4.11. The van der Waals surface area contributed by atoms with E-state index < -0.39 is 18.3 Å². The maximum absolute atomic E-state index is 12.4. The predicted molar refractivity (Wildman–Crippen MR) is 96.1 cm³/mol. The second kappa shape index (κ2) is 12.7. The molecule has 2 aromatic rings. The van der Waals surface area contributed by atoms with Crippen LogP contribution in [-0.4, -0.2) is 40.0 Å². The number of hydrogen-bond donors (Lipinski definition) is 4. The van der Waals surface area contributed by atoms with Crippen LogP contribution in [0.4, 0.5) is 24.8 Å². The Morgan fingerprint density at radius 2 is 1.85 bits per heavy atom. The lowest BCUT2D eigenvalue weighted by Crippen LogP contribution is -2.07. The highest BCUT2D eigenvalue weighted by atomic mass is 19.3. The average molecular weight is 390 g/mol. The van der Waals surface area contributed by atoms with Crippen LogP contribution in [0.2, 0.25) is 0 Å². The first kappa shape index (κ1) is 22.5. The van der Waals surface area contributed by atoms with Gasteiger partial charge in [0.05, 0.1) is 12.4 Å². The topological polar surface area (TPSA) is 122 Å². The summed E-state index contributed by atoms with van der Waals surface area (Å²) in [6, 6.07) is 1.22. The van der Waals surface area contributed by atoms with Crippen LogP contribution in [0.25, 0.3) is 0 Å². The maximum atomic E-state index is 12.4. The van der Waals surface area contributed by atoms with E-state index in [1.165, 1.54) is 32.2 Å². The largest absolute Gasteiger partial charge is 0.415 e. The number of nitrogens with one attached hydrogen (secondary N) is 3. The Morgan fingerprint density at radius 3 is 2.44 bits per heavy atom. The molecule has 1 aliphatic carbocycles. The number of halogens is 3. The van der Waals surface area contributed by atoms with Gasteiger partial charge in [-0.3, -0.25) is 14.9 Å². The van der Waals surface area contributed by atoms with E-state index in [0.29, 0.717) is 5.82 Å². The molecule has 1 fully saturated rings. The Balaban J connectivity index is 0.000000305. The Labute approximate surface area is 154 Å². The monoisotopic (exact) mass is 390 g/mol. The van der Waals surface area contributed by atoms with Crippen molar-refractivity contribution >= 4 is 11.6 Å². The van der Waals surface area contributed by atoms with Crippen LogP contribution in [0, 0.1) is 0 Å². The number of aromatic nitrogens is 4. The molecule has 27 heavy (non-hydrogen) atoms. The molecule has 0 radical (unpaired) electrons. The fraction of sp³-hybridized carbons (Fsp3) is 0.562. The zero-order chi connectivity index (χ0) is 20.1. The van der Waals surface area contributed by atoms with Crippen molar-refractivity contribution in [1.82, 2.24) is 20.2 Å². The number of aromatic amines is 2. The minimum atomic E-state index is -2.94. The molecule has 5 N–H and O–H groups in total. The van der Waals surface area contributed by atoms with E-state index in [4.69, 9.17) is 0 Å². The lowest BCUT2D eigenvalue weighted by atomic mass is 10.2. The Bertz CT molecular complexity index is 687. The Kier molecular flexibility index (Phi) is 10.6. The van der Waals surface area contributed by atoms with Crippen LogP contribution < -0.4 is 21.3 Å². The lowest BCUT2D eigenvalue weighted by molar-refractivity contribution is -0.0528. The second-order valence-electron chi connectivity index (χ2n) is 5.52. The number of nitrogens with zero attached hydrogens (tertiary/aromatic N) is 2. The fourth-order valence-corrected chi connectivity index (χ4v) is 2.33. The van der Waals surface area contributed by atoms with Crippen molar-refractivity contribution in [3.8, 4) is 5.88 Å². The number of H-pyrrole nitrogens is 2. The number of ether oxygens (including phenoxy) is 1. The van der Waals surface area contributed by atoms with Crippen LogP contribution in [0.1, 0.15) is 38.5 Å². The number of anilines is 2. The summed E-state index contributed by atoms with van der Waals surface area (Å²) in [4.78, 5) is 17.0. The molecule has 1 saturated carbocycles. The van der Waals surface area contributed by atoms with Crippen molar-refractivity contribution in [3.05, 3.63) is 28.8 Å². The number of nitrogens with two attached hydrogens (primary N) is 1. The molecule has 0 saturated heterocycles. The molecule has 0 atom stereocenters. The van der Waals surface area contributed by atoms with Crippen molar-refractivity contribution in [1.29, 1.82) is 0 Å². The van der Waals surface area contributed by atoms with Gasteiger partial charge in [0.25, 0.3) is 5.56 Å². The van der Waals surface area contributed by atoms with Gasteiger partial charge in [-0.1, -0.05) is 25.7 Å². The van der Waals surface area contributed by atoms with Gasteiger partial charge in [0.1, 0.15) is 17.8 Å². The highest BCUT2D eigenvalue weighted by Crippen LogP contribution is 2.19. The molecule has 0 aromatic carbocycles. The quantitative estimate of drug-likeness (QED) is 0.595. The molecule has 1 aliphatic rings. The standard InChI is InChI=1S/C8H7F2N5O2.C7H13F.CH5N/c9-8(10)17-7-1-4(14-15-7)12-5-2-11-3-6(16)13-5;8-7-5-3-1-2-4-6-7;1-2/h1-3,8H,(H3,12,13,14,15,16);7H,1-6H2;2H2,1H3. The van der Waals surface area contributed by atoms with Crippen molar-refractivity contribution in [2.24, 2.45) is 5.73 Å². The van der Waals surface area contributed by atoms with Gasteiger partial charge in [-0.15, -0.1) is 5.10 Å². The first-order valence-electron chi connectivity index (χ1n) is 8.56. The molecule has 0 unspecified atom stereocenters. The molecular formula is C16H25F3N6O2. The SMILES string of the molecule is CN.FC1CCCCCC1.O=c1cncc(Nc2cc(OC(F)F)n[nH]2)[nH]1. The highest BCUT2D eigenvalue weighted by Gasteiger charge is 2.09. The van der Waals surface area contributed by atoms with Crippen LogP contribution in [-0.2, 0) is 0 Å². The van der Waals surface area contributed by atoms with E-state index in [0.717, 1.165) is 31.9 Å². The van der Waals surface area contributed by atoms with E-state index in [9.17, 15) is 18.0 Å². The van der Waals surface area contributed by atoms with Gasteiger partial charge in [0.2, 0.25) is 5.88 Å². The zero-order valence-corrected chi connectivity index (χ0v) is 15.1. The van der Waals surface area contributed by atoms with Crippen molar-refractivity contribution in [2.75, 3.05) is 12.4 Å². The Hall–Kier alpha value is -2.56. The second-order valence-corrected chi connectivity index (χ2v) is 5.52. The molecule has 8 nitrogen and oxygen atoms in total. The third-order valence-corrected chi connectivity index (χ3v) is 3.47. The molecule has 2 heterocycles. The van der Waals surface area contributed by atoms with E-state index in [-0.39, 0.29) is 11.7 Å². The summed E-state index contributed by atoms with van der Waals surface area (Å²) in [5, 5.41) is 8.56. The number of rotatable bonds is 4. The average Bonchev–Trinajstić information content (AvgIpc) is 2.91. The molecule has 0 spiro atoms. The van der Waals surface area contributed by atoms with E-state index in [2.05, 4.69) is 36.0 Å². The molecule has 11 heteroatoms. The van der Waals surface area contributed by atoms with Gasteiger partial charge in [-0.05, 0) is 19.9 Å². The smallest absolute Gasteiger partial charge is 0.388 e. The van der Waals surface area contributed by atoms with Gasteiger partial charge < -0.3 is 20.8 Å². The summed E-state index contributed by atoms with van der Waals surface area (Å²) >= 11 is 0. The lowest BCUT2D eigenvalue weighted by Gasteiger charge is -2.00. The van der Waals surface area contributed by atoms with E-state index >= 15 is 0 Å². The van der Waals surface area contributed by atoms with E-state index in [1.807, 2.05) is 0 Å². The van der Waals surface area contributed by atoms with Gasteiger partial charge >= 0.3 is 6.61 Å². The van der Waals surface area contributed by atoms with Crippen molar-refractivity contribution < 1.29 is 17.9 Å². The highest BCUT2D eigenvalue weighted by molar-refractivity contribution is 5.51. The van der Waals surface area contributed by atoms with E-state index in [1.54, 1.807) is 0 Å². The van der Waals surface area contributed by atoms with Crippen LogP contribution >= 0.6 is 0 Å². The van der Waals surface area contributed by atoms with Gasteiger partial charge in [-0.25, -0.2) is 4.39 Å². The number of hydrogen-bond acceptors (Lipinski definition) is 6. The molecule has 0 bridgehead atoms. The summed E-state index contributed by atoms with van der Waals surface area (Å²) in [5.74, 6) is 0.322. The third-order valence-electron chi connectivity index (χ3n) is 3.47. The van der Waals surface area contributed by atoms with Crippen LogP contribution in [0.3, 0.4) is 0 Å². The zero-order valence-electron chi connectivity index (χ0n) is 15.1. The van der Waals surface area contributed by atoms with Gasteiger partial charge in [0.15, 0.2) is 0 Å². The molecular weight excluding hydrogens is 365 g/mol. The predicted octanol–water partition coefficient (Wildman–Crippen LogP) is 3.09. The van der Waals surface area contributed by atoms with Crippen LogP contribution in [0.5, 0.6) is 5.88 Å². The summed E-state index contributed by atoms with van der Waals surface area (Å²) < 4.78 is 40.2. The van der Waals surface area contributed by atoms with Crippen molar-refractivity contribution in [3.63, 3.8) is 0 Å². The van der Waals surface area contributed by atoms with Crippen molar-refractivity contribution in [2.45, 2.75) is 51.3 Å². The first-order chi connectivity index (χ1) is 13.0. The minimum absolute atomic E-state index is 0.256. The summed E-state index contributed by atoms with van der Waals surface area (Å²) in [6.45, 7) is -2.94. The molecule has 0 aliphatic heterocycles. The minimum Gasteiger partial charge on any atom is -0.415 e. The first-order valence-corrected chi connectivity index (χ1v) is 8.56. The molecule has 3 rings (SSSR count). The Morgan fingerprint density at radius 1 is 1.19 bits per heavy atom. The van der Waals surface area contributed by atoms with Gasteiger partial charge in [0, 0.05) is 6.07 Å². The molecule has 0 amide bonds. The van der Waals surface area contributed by atoms with Crippen LogP contribution in [0.15, 0.2) is 23.3 Å².